The van der Waals surface area contributed by atoms with E-state index < -0.39 is 5.97 Å². The molecule has 0 fully saturated rings. The molecule has 1 N–H and O–H groups in total. The zero-order chi connectivity index (χ0) is 15.2. The summed E-state index contributed by atoms with van der Waals surface area (Å²) >= 11 is 0. The highest BCUT2D eigenvalue weighted by molar-refractivity contribution is 5.95. The van der Waals surface area contributed by atoms with E-state index in [4.69, 9.17) is 4.74 Å². The van der Waals surface area contributed by atoms with Gasteiger partial charge in [0.2, 0.25) is 0 Å². The van der Waals surface area contributed by atoms with Crippen molar-refractivity contribution in [3.8, 4) is 0 Å². The van der Waals surface area contributed by atoms with Crippen LogP contribution in [0.1, 0.15) is 21.6 Å². The fourth-order valence-electron chi connectivity index (χ4n) is 1.73. The van der Waals surface area contributed by atoms with E-state index in [1.54, 1.807) is 36.3 Å². The maximum absolute atomic E-state index is 11.7. The summed E-state index contributed by atoms with van der Waals surface area (Å²) in [6.45, 7) is 1.83. The third kappa shape index (κ3) is 3.88. The second-order valence-electron chi connectivity index (χ2n) is 4.48. The summed E-state index contributed by atoms with van der Waals surface area (Å²) in [6, 6.07) is 3.27. The molecule has 1 amide bonds. The normalized spacial score (nSPS) is 10.2. The van der Waals surface area contributed by atoms with Crippen LogP contribution in [0.3, 0.4) is 0 Å². The van der Waals surface area contributed by atoms with Gasteiger partial charge in [-0.3, -0.25) is 19.3 Å². The predicted octanol–water partition coefficient (Wildman–Crippen LogP) is 0.597. The summed E-state index contributed by atoms with van der Waals surface area (Å²) in [5.41, 5.74) is 2.17. The Bertz CT molecular complexity index is 617. The summed E-state index contributed by atoms with van der Waals surface area (Å²) in [7, 11) is 1.78. The molecule has 0 unspecified atom stereocenters. The van der Waals surface area contributed by atoms with Crippen LogP contribution < -0.4 is 5.32 Å². The quantitative estimate of drug-likeness (QED) is 0.814. The van der Waals surface area contributed by atoms with E-state index in [9.17, 15) is 9.59 Å². The van der Waals surface area contributed by atoms with Crippen molar-refractivity contribution >= 4 is 11.9 Å². The Labute approximate surface area is 121 Å². The molecule has 0 aliphatic carbocycles. The van der Waals surface area contributed by atoms with Crippen LogP contribution in [0.4, 0.5) is 0 Å². The molecule has 7 heteroatoms. The third-order valence-corrected chi connectivity index (χ3v) is 2.96. The first-order valence-corrected chi connectivity index (χ1v) is 6.39. The van der Waals surface area contributed by atoms with Crippen molar-refractivity contribution in [3.63, 3.8) is 0 Å². The smallest absolute Gasteiger partial charge is 0.325 e. The van der Waals surface area contributed by atoms with Gasteiger partial charge < -0.3 is 10.1 Å². The molecule has 0 aliphatic rings. The molecule has 2 rings (SSSR count). The Morgan fingerprint density at radius 2 is 2.19 bits per heavy atom. The lowest BCUT2D eigenvalue weighted by Gasteiger charge is -2.07. The van der Waals surface area contributed by atoms with E-state index in [0.29, 0.717) is 5.56 Å². The molecule has 0 spiro atoms. The summed E-state index contributed by atoms with van der Waals surface area (Å²) < 4.78 is 6.75. The third-order valence-electron chi connectivity index (χ3n) is 2.96. The average Bonchev–Trinajstić information content (AvgIpc) is 2.82. The van der Waals surface area contributed by atoms with Gasteiger partial charge in [-0.25, -0.2) is 0 Å². The van der Waals surface area contributed by atoms with Gasteiger partial charge in [0.15, 0.2) is 0 Å². The van der Waals surface area contributed by atoms with Gasteiger partial charge in [-0.05, 0) is 24.6 Å². The van der Waals surface area contributed by atoms with E-state index in [2.05, 4.69) is 15.4 Å². The lowest BCUT2D eigenvalue weighted by molar-refractivity contribution is -0.143. The molecular formula is C14H16N4O3. The molecule has 7 nitrogen and oxygen atoms in total. The maximum atomic E-state index is 11.7. The molecule has 0 aromatic carbocycles. The van der Waals surface area contributed by atoms with Crippen molar-refractivity contribution in [2.45, 2.75) is 13.5 Å². The summed E-state index contributed by atoms with van der Waals surface area (Å²) in [6.07, 6.45) is 4.70. The maximum Gasteiger partial charge on any atom is 0.325 e. The molecule has 0 saturated heterocycles. The number of carbonyl (C=O) groups is 2. The van der Waals surface area contributed by atoms with Gasteiger partial charge >= 0.3 is 5.97 Å². The largest absolute Gasteiger partial charge is 0.458 e. The molecule has 0 atom stereocenters. The van der Waals surface area contributed by atoms with Crippen molar-refractivity contribution < 1.29 is 14.3 Å². The van der Waals surface area contributed by atoms with Crippen LogP contribution in [-0.4, -0.2) is 33.2 Å². The molecule has 0 bridgehead atoms. The molecule has 2 aromatic heterocycles. The van der Waals surface area contributed by atoms with Gasteiger partial charge in [0, 0.05) is 19.4 Å². The first kappa shape index (κ1) is 14.7. The monoisotopic (exact) mass is 288 g/mol. The highest BCUT2D eigenvalue weighted by Crippen LogP contribution is 2.06. The standard InChI is InChI=1S/C14H16N4O3/c1-10-6-17-18(2)12(10)9-21-13(19)8-16-14(20)11-4-3-5-15-7-11/h3-7H,8-9H2,1-2H3,(H,16,20). The number of hydrogen-bond acceptors (Lipinski definition) is 5. The molecule has 2 aromatic rings. The number of rotatable bonds is 5. The Morgan fingerprint density at radius 3 is 2.81 bits per heavy atom. The lowest BCUT2D eigenvalue weighted by atomic mass is 10.3. The van der Waals surface area contributed by atoms with Crippen molar-refractivity contribution in [1.29, 1.82) is 0 Å². The second kappa shape index (κ2) is 6.65. The van der Waals surface area contributed by atoms with E-state index >= 15 is 0 Å². The molecule has 110 valence electrons. The van der Waals surface area contributed by atoms with E-state index in [1.807, 2.05) is 6.92 Å². The fourth-order valence-corrected chi connectivity index (χ4v) is 1.73. The fraction of sp³-hybridized carbons (Fsp3) is 0.286. The number of hydrogen-bond donors (Lipinski definition) is 1. The number of nitrogens with zero attached hydrogens (tertiary/aromatic N) is 3. The highest BCUT2D eigenvalue weighted by atomic mass is 16.5. The molecular weight excluding hydrogens is 272 g/mol. The summed E-state index contributed by atoms with van der Waals surface area (Å²) in [5.74, 6) is -0.871. The van der Waals surface area contributed by atoms with Gasteiger partial charge in [0.05, 0.1) is 17.5 Å². The zero-order valence-corrected chi connectivity index (χ0v) is 11.9. The van der Waals surface area contributed by atoms with Crippen molar-refractivity contribution in [3.05, 3.63) is 47.5 Å². The Kier molecular flexibility index (Phi) is 4.65. The van der Waals surface area contributed by atoms with Gasteiger partial charge in [0.25, 0.3) is 5.91 Å². The number of carbonyl (C=O) groups excluding carboxylic acids is 2. The van der Waals surface area contributed by atoms with Crippen LogP contribution >= 0.6 is 0 Å². The van der Waals surface area contributed by atoms with Gasteiger partial charge in [0.1, 0.15) is 13.2 Å². The second-order valence-corrected chi connectivity index (χ2v) is 4.48. The molecule has 0 aliphatic heterocycles. The molecule has 21 heavy (non-hydrogen) atoms. The molecule has 2 heterocycles. The van der Waals surface area contributed by atoms with Gasteiger partial charge in [-0.2, -0.15) is 5.10 Å². The summed E-state index contributed by atoms with van der Waals surface area (Å²) in [4.78, 5) is 27.2. The Morgan fingerprint density at radius 1 is 1.38 bits per heavy atom. The van der Waals surface area contributed by atoms with Crippen LogP contribution in [0, 0.1) is 6.92 Å². The van der Waals surface area contributed by atoms with Crippen molar-refractivity contribution in [2.24, 2.45) is 7.05 Å². The van der Waals surface area contributed by atoms with E-state index in [-0.39, 0.29) is 19.1 Å². The number of ether oxygens (including phenoxy) is 1. The number of aromatic nitrogens is 3. The molecule has 0 radical (unpaired) electrons. The number of esters is 1. The van der Waals surface area contributed by atoms with E-state index in [1.165, 1.54) is 6.20 Å². The van der Waals surface area contributed by atoms with Crippen LogP contribution in [0.25, 0.3) is 0 Å². The lowest BCUT2D eigenvalue weighted by Crippen LogP contribution is -2.30. The van der Waals surface area contributed by atoms with Crippen molar-refractivity contribution in [2.75, 3.05) is 6.54 Å². The van der Waals surface area contributed by atoms with Crippen LogP contribution in [0.15, 0.2) is 30.7 Å². The van der Waals surface area contributed by atoms with Gasteiger partial charge in [-0.15, -0.1) is 0 Å². The first-order chi connectivity index (χ1) is 10.1. The van der Waals surface area contributed by atoms with Crippen LogP contribution in [0.2, 0.25) is 0 Å². The molecule has 0 saturated carbocycles. The number of nitrogens with one attached hydrogen (secondary N) is 1. The van der Waals surface area contributed by atoms with Crippen molar-refractivity contribution in [1.82, 2.24) is 20.1 Å². The first-order valence-electron chi connectivity index (χ1n) is 6.39. The van der Waals surface area contributed by atoms with Crippen LogP contribution in [-0.2, 0) is 23.2 Å². The highest BCUT2D eigenvalue weighted by Gasteiger charge is 2.11. The topological polar surface area (TPSA) is 86.1 Å². The predicted molar refractivity (Wildman–Crippen MR) is 74.3 cm³/mol. The number of amides is 1. The Balaban J connectivity index is 1.79. The average molecular weight is 288 g/mol. The number of pyridine rings is 1. The number of aryl methyl sites for hydroxylation is 2. The SMILES string of the molecule is Cc1cnn(C)c1COC(=O)CNC(=O)c1cccnc1. The minimum Gasteiger partial charge on any atom is -0.458 e. The van der Waals surface area contributed by atoms with E-state index in [0.717, 1.165) is 11.3 Å². The van der Waals surface area contributed by atoms with Gasteiger partial charge in [-0.1, -0.05) is 0 Å². The summed E-state index contributed by atoms with van der Waals surface area (Å²) in [5, 5.41) is 6.54. The zero-order valence-electron chi connectivity index (χ0n) is 11.9. The van der Waals surface area contributed by atoms with Crippen LogP contribution in [0.5, 0.6) is 0 Å². The minimum absolute atomic E-state index is 0.129. The minimum atomic E-state index is -0.507. The Hall–Kier alpha value is -2.70.